The second-order valence-corrected chi connectivity index (χ2v) is 5.89. The van der Waals surface area contributed by atoms with E-state index in [1.807, 2.05) is 30.3 Å². The van der Waals surface area contributed by atoms with Crippen molar-refractivity contribution in [3.8, 4) is 0 Å². The number of aromatic carboxylic acids is 1. The molecule has 0 bridgehead atoms. The van der Waals surface area contributed by atoms with E-state index in [1.165, 1.54) is 0 Å². The van der Waals surface area contributed by atoms with Gasteiger partial charge in [-0.15, -0.1) is 0 Å². The van der Waals surface area contributed by atoms with Gasteiger partial charge in [0, 0.05) is 25.5 Å². The van der Waals surface area contributed by atoms with Gasteiger partial charge in [-0.2, -0.15) is 0 Å². The van der Waals surface area contributed by atoms with Crippen molar-refractivity contribution in [1.82, 2.24) is 5.32 Å². The molecule has 0 radical (unpaired) electrons. The molecule has 2 aromatic rings. The van der Waals surface area contributed by atoms with Crippen LogP contribution < -0.4 is 5.32 Å². The van der Waals surface area contributed by atoms with Crippen LogP contribution in [0.25, 0.3) is 0 Å². The number of rotatable bonds is 9. The zero-order chi connectivity index (χ0) is 18.1. The molecule has 132 valence electrons. The molecule has 2 rings (SSSR count). The van der Waals surface area contributed by atoms with Crippen molar-refractivity contribution in [1.29, 1.82) is 0 Å². The highest BCUT2D eigenvalue weighted by Gasteiger charge is 2.14. The lowest BCUT2D eigenvalue weighted by molar-refractivity contribution is -0.121. The van der Waals surface area contributed by atoms with Gasteiger partial charge >= 0.3 is 5.97 Å². The maximum atomic E-state index is 12.1. The quantitative estimate of drug-likeness (QED) is 0.654. The fourth-order valence-corrected chi connectivity index (χ4v) is 2.79. The summed E-state index contributed by atoms with van der Waals surface area (Å²) < 4.78 is 0. The van der Waals surface area contributed by atoms with Gasteiger partial charge in [0.2, 0.25) is 5.91 Å². The molecule has 1 unspecified atom stereocenters. The first-order valence-corrected chi connectivity index (χ1v) is 8.35. The van der Waals surface area contributed by atoms with Crippen molar-refractivity contribution in [3.05, 3.63) is 71.3 Å². The van der Waals surface area contributed by atoms with Gasteiger partial charge in [-0.1, -0.05) is 48.5 Å². The summed E-state index contributed by atoms with van der Waals surface area (Å²) in [6.07, 6.45) is 1.18. The Hall–Kier alpha value is -2.66. The van der Waals surface area contributed by atoms with Gasteiger partial charge in [-0.25, -0.2) is 4.79 Å². The van der Waals surface area contributed by atoms with Crippen LogP contribution in [0.4, 0.5) is 0 Å². The number of aliphatic hydroxyl groups excluding tert-OH is 1. The van der Waals surface area contributed by atoms with E-state index in [0.29, 0.717) is 24.9 Å². The van der Waals surface area contributed by atoms with Crippen LogP contribution >= 0.6 is 0 Å². The van der Waals surface area contributed by atoms with Gasteiger partial charge in [-0.3, -0.25) is 4.79 Å². The molecule has 0 spiro atoms. The van der Waals surface area contributed by atoms with Crippen molar-refractivity contribution >= 4 is 11.9 Å². The SMILES string of the molecule is O=C(CCc1ccccc1C(=O)O)NCC(CCO)c1ccccc1. The van der Waals surface area contributed by atoms with Gasteiger partial charge < -0.3 is 15.5 Å². The Balaban J connectivity index is 1.88. The number of amides is 1. The Morgan fingerprint density at radius 1 is 1.00 bits per heavy atom. The lowest BCUT2D eigenvalue weighted by Crippen LogP contribution is -2.29. The Labute approximate surface area is 147 Å². The van der Waals surface area contributed by atoms with Gasteiger partial charge in [0.25, 0.3) is 0 Å². The molecule has 5 nitrogen and oxygen atoms in total. The molecule has 0 heterocycles. The van der Waals surface area contributed by atoms with Crippen molar-refractivity contribution in [2.75, 3.05) is 13.2 Å². The molecule has 0 aliphatic carbocycles. The third-order valence-corrected chi connectivity index (χ3v) is 4.16. The third-order valence-electron chi connectivity index (χ3n) is 4.16. The molecule has 0 aliphatic rings. The Kier molecular flexibility index (Phi) is 7.16. The van der Waals surface area contributed by atoms with Crippen molar-refractivity contribution in [2.24, 2.45) is 0 Å². The fourth-order valence-electron chi connectivity index (χ4n) is 2.79. The molecule has 0 aliphatic heterocycles. The lowest BCUT2D eigenvalue weighted by Gasteiger charge is -2.17. The van der Waals surface area contributed by atoms with E-state index in [-0.39, 0.29) is 30.4 Å². The highest BCUT2D eigenvalue weighted by atomic mass is 16.4. The minimum Gasteiger partial charge on any atom is -0.478 e. The van der Waals surface area contributed by atoms with Crippen LogP contribution in [0.5, 0.6) is 0 Å². The summed E-state index contributed by atoms with van der Waals surface area (Å²) in [5, 5.41) is 21.3. The number of aryl methyl sites for hydroxylation is 1. The molecule has 25 heavy (non-hydrogen) atoms. The summed E-state index contributed by atoms with van der Waals surface area (Å²) in [6.45, 7) is 0.505. The highest BCUT2D eigenvalue weighted by Crippen LogP contribution is 2.18. The van der Waals surface area contributed by atoms with Gasteiger partial charge in [0.1, 0.15) is 0 Å². The molecule has 0 fully saturated rings. The highest BCUT2D eigenvalue weighted by molar-refractivity contribution is 5.89. The molecular formula is C20H23NO4. The topological polar surface area (TPSA) is 86.6 Å². The molecular weight excluding hydrogens is 318 g/mol. The first-order valence-electron chi connectivity index (χ1n) is 8.35. The number of benzene rings is 2. The molecule has 1 amide bonds. The lowest BCUT2D eigenvalue weighted by atomic mass is 9.96. The van der Waals surface area contributed by atoms with Crippen LogP contribution in [0.3, 0.4) is 0 Å². The smallest absolute Gasteiger partial charge is 0.335 e. The monoisotopic (exact) mass is 341 g/mol. The van der Waals surface area contributed by atoms with Gasteiger partial charge in [0.15, 0.2) is 0 Å². The summed E-state index contributed by atoms with van der Waals surface area (Å²) in [7, 11) is 0. The number of hydrogen-bond acceptors (Lipinski definition) is 3. The third kappa shape index (κ3) is 5.72. The summed E-state index contributed by atoms with van der Waals surface area (Å²) in [5.74, 6) is -1.05. The number of nitrogens with one attached hydrogen (secondary N) is 1. The second-order valence-electron chi connectivity index (χ2n) is 5.89. The summed E-state index contributed by atoms with van der Waals surface area (Å²) in [4.78, 5) is 23.3. The Morgan fingerprint density at radius 2 is 1.68 bits per heavy atom. The van der Waals surface area contributed by atoms with E-state index in [2.05, 4.69) is 5.32 Å². The number of aliphatic hydroxyl groups is 1. The van der Waals surface area contributed by atoms with Crippen LogP contribution in [0.1, 0.15) is 40.2 Å². The standard InChI is InChI=1S/C20H23NO4/c22-13-12-17(15-6-2-1-3-7-15)14-21-19(23)11-10-16-8-4-5-9-18(16)20(24)25/h1-9,17,22H,10-14H2,(H,21,23)(H,24,25). The van der Waals surface area contributed by atoms with Crippen LogP contribution in [0.2, 0.25) is 0 Å². The molecule has 5 heteroatoms. The summed E-state index contributed by atoms with van der Waals surface area (Å²) in [5.41, 5.74) is 1.96. The maximum absolute atomic E-state index is 12.1. The molecule has 2 aromatic carbocycles. The number of hydrogen-bond donors (Lipinski definition) is 3. The Morgan fingerprint density at radius 3 is 2.36 bits per heavy atom. The van der Waals surface area contributed by atoms with E-state index in [4.69, 9.17) is 5.11 Å². The largest absolute Gasteiger partial charge is 0.478 e. The van der Waals surface area contributed by atoms with E-state index >= 15 is 0 Å². The summed E-state index contributed by atoms with van der Waals surface area (Å²) in [6, 6.07) is 16.5. The van der Waals surface area contributed by atoms with Crippen molar-refractivity contribution in [2.45, 2.75) is 25.2 Å². The van der Waals surface area contributed by atoms with Crippen molar-refractivity contribution < 1.29 is 19.8 Å². The molecule has 0 saturated carbocycles. The first-order chi connectivity index (χ1) is 12.1. The van der Waals surface area contributed by atoms with Crippen LogP contribution in [-0.4, -0.2) is 35.2 Å². The van der Waals surface area contributed by atoms with E-state index in [0.717, 1.165) is 5.56 Å². The number of carboxylic acid groups (broad SMARTS) is 1. The number of carboxylic acids is 1. The zero-order valence-corrected chi connectivity index (χ0v) is 14.0. The Bertz CT molecular complexity index is 700. The predicted octanol–water partition coefficient (Wildman–Crippen LogP) is 2.60. The predicted molar refractivity (Wildman–Crippen MR) is 95.6 cm³/mol. The van der Waals surface area contributed by atoms with Crippen LogP contribution in [0, 0.1) is 0 Å². The molecule has 0 aromatic heterocycles. The second kappa shape index (κ2) is 9.59. The summed E-state index contributed by atoms with van der Waals surface area (Å²) >= 11 is 0. The minimum absolute atomic E-state index is 0.0569. The number of carbonyl (C=O) groups excluding carboxylic acids is 1. The normalized spacial score (nSPS) is 11.7. The average molecular weight is 341 g/mol. The van der Waals surface area contributed by atoms with E-state index in [9.17, 15) is 14.7 Å². The van der Waals surface area contributed by atoms with Gasteiger partial charge in [0.05, 0.1) is 5.56 Å². The average Bonchev–Trinajstić information content (AvgIpc) is 2.64. The first kappa shape index (κ1) is 18.7. The number of carbonyl (C=O) groups is 2. The minimum atomic E-state index is -0.983. The maximum Gasteiger partial charge on any atom is 0.335 e. The van der Waals surface area contributed by atoms with Gasteiger partial charge in [-0.05, 0) is 30.0 Å². The fraction of sp³-hybridized carbons (Fsp3) is 0.300. The zero-order valence-electron chi connectivity index (χ0n) is 14.0. The van der Waals surface area contributed by atoms with Crippen molar-refractivity contribution in [3.63, 3.8) is 0 Å². The van der Waals surface area contributed by atoms with Crippen LogP contribution in [0.15, 0.2) is 54.6 Å². The van der Waals surface area contributed by atoms with E-state index < -0.39 is 5.97 Å². The molecule has 0 saturated heterocycles. The molecule has 3 N–H and O–H groups in total. The molecule has 1 atom stereocenters. The van der Waals surface area contributed by atoms with Crippen LogP contribution in [-0.2, 0) is 11.2 Å². The van der Waals surface area contributed by atoms with E-state index in [1.54, 1.807) is 24.3 Å².